The molecule has 128 valence electrons. The zero-order valence-electron chi connectivity index (χ0n) is 14.8. The Kier molecular flexibility index (Phi) is 2.85. The van der Waals surface area contributed by atoms with Crippen molar-refractivity contribution in [2.45, 2.75) is 26.2 Å². The third-order valence-electron chi connectivity index (χ3n) is 6.62. The number of benzene rings is 1. The van der Waals surface area contributed by atoms with Gasteiger partial charge >= 0.3 is 0 Å². The number of nitrogens with zero attached hydrogens (tertiary/aromatic N) is 1. The Labute approximate surface area is 148 Å². The lowest BCUT2D eigenvalue weighted by Crippen LogP contribution is -2.50. The third-order valence-corrected chi connectivity index (χ3v) is 6.62. The quantitative estimate of drug-likeness (QED) is 0.580. The molecule has 5 aliphatic rings. The van der Waals surface area contributed by atoms with Crippen LogP contribution < -0.4 is 4.90 Å². The maximum absolute atomic E-state index is 13.3. The van der Waals surface area contributed by atoms with E-state index in [-0.39, 0.29) is 40.9 Å². The molecule has 2 amide bonds. The second-order valence-corrected chi connectivity index (χ2v) is 8.91. The Hall–Kier alpha value is -2.16. The van der Waals surface area contributed by atoms with Crippen LogP contribution >= 0.6 is 0 Å². The summed E-state index contributed by atoms with van der Waals surface area (Å²) in [7, 11) is 0. The largest absolute Gasteiger partial charge is 0.274 e. The molecule has 2 bridgehead atoms. The minimum Gasteiger partial charge on any atom is -0.274 e. The van der Waals surface area contributed by atoms with Crippen molar-refractivity contribution >= 4 is 17.5 Å². The lowest BCUT2D eigenvalue weighted by molar-refractivity contribution is -0.127. The van der Waals surface area contributed by atoms with E-state index in [2.05, 4.69) is 45.1 Å². The van der Waals surface area contributed by atoms with E-state index >= 15 is 0 Å². The fourth-order valence-corrected chi connectivity index (χ4v) is 5.43. The van der Waals surface area contributed by atoms with Crippen LogP contribution in [-0.4, -0.2) is 11.8 Å². The maximum Gasteiger partial charge on any atom is 0.238 e. The van der Waals surface area contributed by atoms with Gasteiger partial charge in [0.25, 0.3) is 0 Å². The Balaban J connectivity index is 1.61. The average molecular weight is 333 g/mol. The van der Waals surface area contributed by atoms with Crippen molar-refractivity contribution in [1.82, 2.24) is 0 Å². The van der Waals surface area contributed by atoms with Gasteiger partial charge in [0.1, 0.15) is 0 Å². The van der Waals surface area contributed by atoms with E-state index in [4.69, 9.17) is 0 Å². The van der Waals surface area contributed by atoms with Crippen LogP contribution in [0.25, 0.3) is 0 Å². The van der Waals surface area contributed by atoms with E-state index < -0.39 is 0 Å². The number of allylic oxidation sites excluding steroid dienone is 4. The van der Waals surface area contributed by atoms with Crippen LogP contribution in [0.3, 0.4) is 0 Å². The summed E-state index contributed by atoms with van der Waals surface area (Å²) in [6, 6.07) is 7.87. The molecule has 2 fully saturated rings. The summed E-state index contributed by atoms with van der Waals surface area (Å²) in [5, 5.41) is 0. The normalized spacial score (nSPS) is 38.0. The number of amides is 2. The van der Waals surface area contributed by atoms with E-state index in [1.807, 2.05) is 24.3 Å². The van der Waals surface area contributed by atoms with Crippen molar-refractivity contribution in [3.8, 4) is 0 Å². The lowest BCUT2D eigenvalue weighted by atomic mass is 9.50. The number of carbonyl (C=O) groups excluding carboxylic acids is 2. The van der Waals surface area contributed by atoms with Gasteiger partial charge in [0.15, 0.2) is 0 Å². The third kappa shape index (κ3) is 1.81. The molecule has 1 aromatic carbocycles. The highest BCUT2D eigenvalue weighted by molar-refractivity contribution is 6.23. The monoisotopic (exact) mass is 333 g/mol. The molecule has 4 aliphatic carbocycles. The SMILES string of the molecule is CC(C)(C)c1ccccc1N1C(=O)C2C3C=CC(C4C=CC43)C2C1=O. The average Bonchev–Trinajstić information content (AvgIpc) is 2.79. The summed E-state index contributed by atoms with van der Waals surface area (Å²) in [6.07, 6.45) is 8.85. The summed E-state index contributed by atoms with van der Waals surface area (Å²) in [5.41, 5.74) is 1.71. The Morgan fingerprint density at radius 1 is 0.760 bits per heavy atom. The van der Waals surface area contributed by atoms with Crippen LogP contribution in [-0.2, 0) is 15.0 Å². The first-order chi connectivity index (χ1) is 11.9. The second kappa shape index (κ2) is 4.72. The van der Waals surface area contributed by atoms with Crippen molar-refractivity contribution in [1.29, 1.82) is 0 Å². The molecule has 6 rings (SSSR count). The zero-order chi connectivity index (χ0) is 17.5. The number of anilines is 1. The fraction of sp³-hybridized carbons (Fsp3) is 0.455. The number of imide groups is 1. The number of rotatable bonds is 1. The van der Waals surface area contributed by atoms with E-state index in [0.717, 1.165) is 11.3 Å². The van der Waals surface area contributed by atoms with E-state index in [1.54, 1.807) is 0 Å². The van der Waals surface area contributed by atoms with Crippen molar-refractivity contribution in [3.05, 3.63) is 54.1 Å². The summed E-state index contributed by atoms with van der Waals surface area (Å²) < 4.78 is 0. The molecule has 0 spiro atoms. The molecule has 1 aliphatic heterocycles. The molecule has 0 radical (unpaired) electrons. The van der Waals surface area contributed by atoms with Gasteiger partial charge in [0, 0.05) is 0 Å². The van der Waals surface area contributed by atoms with Crippen LogP contribution in [0.2, 0.25) is 0 Å². The molecule has 25 heavy (non-hydrogen) atoms. The Morgan fingerprint density at radius 2 is 1.24 bits per heavy atom. The number of hydrogen-bond donors (Lipinski definition) is 0. The molecule has 1 heterocycles. The Bertz CT molecular complexity index is 804. The molecule has 3 heteroatoms. The molecule has 6 atom stereocenters. The standard InChI is InChI=1S/C22H23NO2/c1-22(2,3)16-6-4-5-7-17(16)23-20(24)18-14-10-11-15(19(18)21(23)25)13-9-8-12(13)14/h4-15,18-19H,1-3H3. The molecule has 1 saturated carbocycles. The molecule has 1 aromatic rings. The van der Waals surface area contributed by atoms with Crippen LogP contribution in [0.15, 0.2) is 48.6 Å². The summed E-state index contributed by atoms with van der Waals surface area (Å²) in [5.74, 6) is 0.927. The second-order valence-electron chi connectivity index (χ2n) is 8.91. The van der Waals surface area contributed by atoms with Crippen LogP contribution in [0.4, 0.5) is 5.69 Å². The van der Waals surface area contributed by atoms with Crippen LogP contribution in [0.1, 0.15) is 26.3 Å². The first kappa shape index (κ1) is 15.1. The predicted molar refractivity (Wildman–Crippen MR) is 96.9 cm³/mol. The highest BCUT2D eigenvalue weighted by Crippen LogP contribution is 2.59. The fourth-order valence-electron chi connectivity index (χ4n) is 5.43. The van der Waals surface area contributed by atoms with Gasteiger partial charge in [-0.3, -0.25) is 9.59 Å². The lowest BCUT2D eigenvalue weighted by Gasteiger charge is -2.51. The molecule has 0 N–H and O–H groups in total. The van der Waals surface area contributed by atoms with E-state index in [1.165, 1.54) is 4.90 Å². The van der Waals surface area contributed by atoms with Crippen molar-refractivity contribution in [2.24, 2.45) is 35.5 Å². The number of para-hydroxylation sites is 1. The van der Waals surface area contributed by atoms with Gasteiger partial charge in [-0.25, -0.2) is 4.90 Å². The first-order valence-corrected chi connectivity index (χ1v) is 9.23. The molecule has 1 saturated heterocycles. The van der Waals surface area contributed by atoms with Gasteiger partial charge in [0.05, 0.1) is 17.5 Å². The first-order valence-electron chi connectivity index (χ1n) is 9.23. The van der Waals surface area contributed by atoms with Crippen molar-refractivity contribution < 1.29 is 9.59 Å². The molecule has 0 aromatic heterocycles. The van der Waals surface area contributed by atoms with Crippen molar-refractivity contribution in [2.75, 3.05) is 4.90 Å². The summed E-state index contributed by atoms with van der Waals surface area (Å²) in [4.78, 5) is 28.2. The number of hydrogen-bond acceptors (Lipinski definition) is 2. The van der Waals surface area contributed by atoms with Gasteiger partial charge in [0.2, 0.25) is 11.8 Å². The minimum atomic E-state index is -0.179. The summed E-state index contributed by atoms with van der Waals surface area (Å²) in [6.45, 7) is 6.37. The highest BCUT2D eigenvalue weighted by atomic mass is 16.2. The van der Waals surface area contributed by atoms with E-state index in [9.17, 15) is 9.59 Å². The zero-order valence-corrected chi connectivity index (χ0v) is 14.8. The van der Waals surface area contributed by atoms with Crippen LogP contribution in [0, 0.1) is 35.5 Å². The molecule has 6 unspecified atom stereocenters. The topological polar surface area (TPSA) is 37.4 Å². The van der Waals surface area contributed by atoms with Gasteiger partial charge < -0.3 is 0 Å². The van der Waals surface area contributed by atoms with Gasteiger partial charge in [-0.15, -0.1) is 0 Å². The maximum atomic E-state index is 13.3. The van der Waals surface area contributed by atoms with Crippen molar-refractivity contribution in [3.63, 3.8) is 0 Å². The molecule has 3 nitrogen and oxygen atoms in total. The van der Waals surface area contributed by atoms with Gasteiger partial charge in [-0.05, 0) is 40.7 Å². The smallest absolute Gasteiger partial charge is 0.238 e. The van der Waals surface area contributed by atoms with Crippen LogP contribution in [0.5, 0.6) is 0 Å². The summed E-state index contributed by atoms with van der Waals surface area (Å²) >= 11 is 0. The predicted octanol–water partition coefficient (Wildman–Crippen LogP) is 3.71. The van der Waals surface area contributed by atoms with E-state index in [0.29, 0.717) is 11.8 Å². The highest BCUT2D eigenvalue weighted by Gasteiger charge is 2.63. The molecular formula is C22H23NO2. The van der Waals surface area contributed by atoms with Gasteiger partial charge in [-0.2, -0.15) is 0 Å². The molecular weight excluding hydrogens is 310 g/mol. The Morgan fingerprint density at radius 3 is 1.72 bits per heavy atom. The minimum absolute atomic E-state index is 0.00444. The number of carbonyl (C=O) groups is 2. The van der Waals surface area contributed by atoms with Gasteiger partial charge in [-0.1, -0.05) is 63.3 Å².